The molecule has 0 fully saturated rings. The summed E-state index contributed by atoms with van der Waals surface area (Å²) in [7, 11) is 0. The highest BCUT2D eigenvalue weighted by atomic mass is 19.4. The van der Waals surface area contributed by atoms with E-state index in [9.17, 15) is 22.8 Å². The number of nitrogens with zero attached hydrogens (tertiary/aromatic N) is 2. The third-order valence-corrected chi connectivity index (χ3v) is 9.39. The number of alkyl halides is 3. The number of carbonyl (C=O) groups excluding carboxylic acids is 2. The number of benzene rings is 2. The first-order valence-corrected chi connectivity index (χ1v) is 19.7. The second-order valence-electron chi connectivity index (χ2n) is 13.9. The number of esters is 2. The first kappa shape index (κ1) is 42.7. The van der Waals surface area contributed by atoms with Gasteiger partial charge in [0, 0.05) is 18.0 Å². The lowest BCUT2D eigenvalue weighted by atomic mass is 10.0. The van der Waals surface area contributed by atoms with Crippen LogP contribution >= 0.6 is 0 Å². The molecule has 1 aromatic heterocycles. The van der Waals surface area contributed by atoms with Crippen molar-refractivity contribution in [3.05, 3.63) is 77.6 Å². The van der Waals surface area contributed by atoms with Gasteiger partial charge in [-0.05, 0) is 67.6 Å². The molecule has 3 rings (SSSR count). The largest absolute Gasteiger partial charge is 0.449 e. The predicted molar refractivity (Wildman–Crippen MR) is 202 cm³/mol. The van der Waals surface area contributed by atoms with Gasteiger partial charge in [-0.2, -0.15) is 13.2 Å². The Morgan fingerprint density at radius 2 is 1.04 bits per heavy atom. The summed E-state index contributed by atoms with van der Waals surface area (Å²) in [5, 5.41) is 0. The van der Waals surface area contributed by atoms with Crippen LogP contribution in [0, 0.1) is 0 Å². The Bertz CT molecular complexity index is 1410. The van der Waals surface area contributed by atoms with Crippen LogP contribution in [0.3, 0.4) is 0 Å². The summed E-state index contributed by atoms with van der Waals surface area (Å²) < 4.78 is 50.8. The van der Waals surface area contributed by atoms with E-state index in [1.54, 1.807) is 24.3 Å². The zero-order valence-electron chi connectivity index (χ0n) is 31.4. The molecule has 0 aliphatic heterocycles. The first-order chi connectivity index (χ1) is 25.2. The minimum Gasteiger partial charge on any atom is -0.449 e. The molecule has 0 N–H and O–H groups in total. The van der Waals surface area contributed by atoms with Gasteiger partial charge in [0.25, 0.3) is 0 Å². The van der Waals surface area contributed by atoms with Crippen LogP contribution in [0.2, 0.25) is 0 Å². The molecule has 286 valence electrons. The molecule has 0 amide bonds. The van der Waals surface area contributed by atoms with Crippen LogP contribution < -0.4 is 4.74 Å². The van der Waals surface area contributed by atoms with E-state index in [-0.39, 0.29) is 17.7 Å². The van der Waals surface area contributed by atoms with Crippen LogP contribution in [0.15, 0.2) is 60.9 Å². The highest BCUT2D eigenvalue weighted by Crippen LogP contribution is 2.29. The summed E-state index contributed by atoms with van der Waals surface area (Å²) >= 11 is 0. The van der Waals surface area contributed by atoms with Crippen molar-refractivity contribution >= 4 is 11.9 Å². The summed E-state index contributed by atoms with van der Waals surface area (Å²) in [5.74, 6) is -0.979. The van der Waals surface area contributed by atoms with Crippen LogP contribution in [-0.2, 0) is 11.2 Å². The fourth-order valence-corrected chi connectivity index (χ4v) is 6.16. The van der Waals surface area contributed by atoms with Crippen molar-refractivity contribution < 1.29 is 32.2 Å². The minimum absolute atomic E-state index is 0.0586. The zero-order valence-corrected chi connectivity index (χ0v) is 31.4. The smallest absolute Gasteiger partial charge is 0.425 e. The third-order valence-electron chi connectivity index (χ3n) is 9.39. The summed E-state index contributed by atoms with van der Waals surface area (Å²) in [6, 6.07) is 12.0. The second-order valence-corrected chi connectivity index (χ2v) is 13.9. The standard InChI is InChI=1S/C43H59F3N2O4/c1-3-5-7-9-11-12-13-14-15-16-17-18-20-22-34-32-47-40(48-33-34)35-24-26-36(27-25-35)41(49)51-38-30-28-37(29-31-38)42(50)52-39(43(44,45)46)23-21-19-10-8-6-4-2/h24-33,39H,3-23H2,1-2H3/t39-/m1/s1. The Morgan fingerprint density at radius 1 is 0.596 bits per heavy atom. The molecule has 0 saturated heterocycles. The Kier molecular flexibility index (Phi) is 20.1. The maximum absolute atomic E-state index is 13.5. The molecule has 1 heterocycles. The van der Waals surface area contributed by atoms with Crippen LogP contribution in [0.1, 0.15) is 169 Å². The van der Waals surface area contributed by atoms with E-state index in [4.69, 9.17) is 9.47 Å². The van der Waals surface area contributed by atoms with Gasteiger partial charge in [0.05, 0.1) is 11.1 Å². The van der Waals surface area contributed by atoms with Gasteiger partial charge in [0.2, 0.25) is 0 Å². The maximum Gasteiger partial charge on any atom is 0.425 e. The third kappa shape index (κ3) is 16.7. The van der Waals surface area contributed by atoms with Gasteiger partial charge in [-0.1, -0.05) is 135 Å². The van der Waals surface area contributed by atoms with E-state index in [1.807, 2.05) is 12.4 Å². The Morgan fingerprint density at radius 3 is 1.54 bits per heavy atom. The lowest BCUT2D eigenvalue weighted by Crippen LogP contribution is -2.33. The molecule has 0 aliphatic carbocycles. The van der Waals surface area contributed by atoms with Crippen molar-refractivity contribution in [2.24, 2.45) is 0 Å². The Hall–Kier alpha value is -3.75. The van der Waals surface area contributed by atoms with Gasteiger partial charge >= 0.3 is 18.1 Å². The SMILES string of the molecule is CCCCCCCCCCCCCCCc1cnc(-c2ccc(C(=O)Oc3ccc(C(=O)O[C@H](CCCCCCCC)C(F)(F)F)cc3)cc2)nc1. The van der Waals surface area contributed by atoms with Gasteiger partial charge < -0.3 is 9.47 Å². The van der Waals surface area contributed by atoms with Crippen LogP contribution in [0.4, 0.5) is 13.2 Å². The molecule has 9 heteroatoms. The number of unbranched alkanes of at least 4 members (excludes halogenated alkanes) is 17. The molecule has 0 bridgehead atoms. The lowest BCUT2D eigenvalue weighted by Gasteiger charge is -2.20. The van der Waals surface area contributed by atoms with Crippen LogP contribution in [0.25, 0.3) is 11.4 Å². The topological polar surface area (TPSA) is 78.4 Å². The van der Waals surface area contributed by atoms with Gasteiger partial charge in [-0.15, -0.1) is 0 Å². The molecule has 52 heavy (non-hydrogen) atoms. The van der Waals surface area contributed by atoms with Crippen molar-refractivity contribution in [3.63, 3.8) is 0 Å². The highest BCUT2D eigenvalue weighted by molar-refractivity contribution is 5.92. The number of aryl methyl sites for hydroxylation is 1. The number of ether oxygens (including phenoxy) is 2. The number of aromatic nitrogens is 2. The zero-order chi connectivity index (χ0) is 37.4. The van der Waals surface area contributed by atoms with E-state index < -0.39 is 24.2 Å². The van der Waals surface area contributed by atoms with Crippen molar-refractivity contribution in [1.29, 1.82) is 0 Å². The molecule has 3 aromatic rings. The van der Waals surface area contributed by atoms with Crippen molar-refractivity contribution in [3.8, 4) is 17.1 Å². The molecular weight excluding hydrogens is 665 g/mol. The average molecular weight is 725 g/mol. The molecule has 0 saturated carbocycles. The quantitative estimate of drug-likeness (QED) is 0.0466. The van der Waals surface area contributed by atoms with E-state index in [0.29, 0.717) is 24.2 Å². The fraction of sp³-hybridized carbons (Fsp3) is 0.581. The van der Waals surface area contributed by atoms with Crippen molar-refractivity contribution in [2.75, 3.05) is 0 Å². The summed E-state index contributed by atoms with van der Waals surface area (Å²) in [6.45, 7) is 4.33. The van der Waals surface area contributed by atoms with Gasteiger partial charge in [-0.3, -0.25) is 0 Å². The highest BCUT2D eigenvalue weighted by Gasteiger charge is 2.42. The number of hydrogen-bond donors (Lipinski definition) is 0. The molecule has 0 unspecified atom stereocenters. The van der Waals surface area contributed by atoms with E-state index in [0.717, 1.165) is 49.7 Å². The summed E-state index contributed by atoms with van der Waals surface area (Å²) in [6.07, 6.45) is 19.8. The Balaban J connectivity index is 1.37. The van der Waals surface area contributed by atoms with Crippen LogP contribution in [-0.4, -0.2) is 34.2 Å². The fourth-order valence-electron chi connectivity index (χ4n) is 6.16. The van der Waals surface area contributed by atoms with Gasteiger partial charge in [0.15, 0.2) is 11.9 Å². The molecule has 6 nitrogen and oxygen atoms in total. The Labute approximate surface area is 309 Å². The van der Waals surface area contributed by atoms with Crippen molar-refractivity contribution in [1.82, 2.24) is 9.97 Å². The second kappa shape index (κ2) is 24.5. The van der Waals surface area contributed by atoms with Gasteiger partial charge in [0.1, 0.15) is 5.75 Å². The lowest BCUT2D eigenvalue weighted by molar-refractivity contribution is -0.206. The molecule has 0 radical (unpaired) electrons. The molecule has 2 aromatic carbocycles. The van der Waals surface area contributed by atoms with E-state index in [2.05, 4.69) is 23.8 Å². The average Bonchev–Trinajstić information content (AvgIpc) is 3.14. The number of hydrogen-bond acceptors (Lipinski definition) is 6. The van der Waals surface area contributed by atoms with Gasteiger partial charge in [-0.25, -0.2) is 19.6 Å². The molecular formula is C43H59F3N2O4. The van der Waals surface area contributed by atoms with E-state index in [1.165, 1.54) is 101 Å². The number of carbonyl (C=O) groups is 2. The number of halogens is 3. The maximum atomic E-state index is 13.5. The normalized spacial score (nSPS) is 12.1. The van der Waals surface area contributed by atoms with Crippen LogP contribution in [0.5, 0.6) is 5.75 Å². The number of rotatable bonds is 26. The predicted octanol–water partition coefficient (Wildman–Crippen LogP) is 12.8. The summed E-state index contributed by atoms with van der Waals surface area (Å²) in [5.41, 5.74) is 2.12. The molecule has 0 spiro atoms. The summed E-state index contributed by atoms with van der Waals surface area (Å²) in [4.78, 5) is 34.3. The first-order valence-electron chi connectivity index (χ1n) is 19.7. The molecule has 1 atom stereocenters. The van der Waals surface area contributed by atoms with E-state index >= 15 is 0 Å². The minimum atomic E-state index is -4.65. The molecule has 0 aliphatic rings. The van der Waals surface area contributed by atoms with Crippen molar-refractivity contribution in [2.45, 2.75) is 161 Å². The monoisotopic (exact) mass is 724 g/mol.